The van der Waals surface area contributed by atoms with Crippen molar-refractivity contribution in [1.82, 2.24) is 0 Å². The summed E-state index contributed by atoms with van der Waals surface area (Å²) in [6.07, 6.45) is 1.99. The van der Waals surface area contributed by atoms with E-state index >= 15 is 0 Å². The van der Waals surface area contributed by atoms with Crippen LogP contribution in [0.1, 0.15) is 0 Å². The summed E-state index contributed by atoms with van der Waals surface area (Å²) in [6.45, 7) is 0. The summed E-state index contributed by atoms with van der Waals surface area (Å²) in [6, 6.07) is 6.75. The molecule has 0 amide bonds. The van der Waals surface area contributed by atoms with Crippen LogP contribution in [0.25, 0.3) is 0 Å². The van der Waals surface area contributed by atoms with Crippen LogP contribution >= 0.6 is 23.2 Å². The van der Waals surface area contributed by atoms with Crippen LogP contribution in [0.2, 0.25) is 10.0 Å². The lowest BCUT2D eigenvalue weighted by Gasteiger charge is -2.13. The van der Waals surface area contributed by atoms with E-state index < -0.39 is 19.7 Å². The number of anilines is 3. The average molecular weight is 409 g/mol. The number of hydrogen-bond acceptors (Lipinski definition) is 6. The summed E-state index contributed by atoms with van der Waals surface area (Å²) in [4.78, 5) is -0.253. The van der Waals surface area contributed by atoms with Crippen molar-refractivity contribution in [2.45, 2.75) is 9.79 Å². The molecule has 6 nitrogen and oxygen atoms in total. The monoisotopic (exact) mass is 408 g/mol. The first-order chi connectivity index (χ1) is 10.9. The SMILES string of the molecule is CS(=O)(=O)c1ccc(Nc2cc(Cl)c(N)c(Cl)c2)c(S(C)(=O)=O)c1. The van der Waals surface area contributed by atoms with Crippen LogP contribution in [0.15, 0.2) is 40.1 Å². The molecule has 10 heteroatoms. The summed E-state index contributed by atoms with van der Waals surface area (Å²) >= 11 is 11.9. The number of sulfone groups is 2. The molecule has 0 atom stereocenters. The Hall–Kier alpha value is -1.48. The molecular formula is C14H14Cl2N2O4S2. The Morgan fingerprint density at radius 2 is 1.46 bits per heavy atom. The van der Waals surface area contributed by atoms with Gasteiger partial charge in [0.1, 0.15) is 0 Å². The van der Waals surface area contributed by atoms with Crippen molar-refractivity contribution in [3.8, 4) is 0 Å². The van der Waals surface area contributed by atoms with Crippen molar-refractivity contribution < 1.29 is 16.8 Å². The summed E-state index contributed by atoms with van der Waals surface area (Å²) in [7, 11) is -7.23. The fourth-order valence-corrected chi connectivity index (χ4v) is 4.02. The second-order valence-electron chi connectivity index (χ2n) is 5.18. The molecule has 3 N–H and O–H groups in total. The highest BCUT2D eigenvalue weighted by Crippen LogP contribution is 2.34. The van der Waals surface area contributed by atoms with Crippen molar-refractivity contribution in [2.24, 2.45) is 0 Å². The topological polar surface area (TPSA) is 106 Å². The van der Waals surface area contributed by atoms with Crippen LogP contribution in [0.4, 0.5) is 17.1 Å². The summed E-state index contributed by atoms with van der Waals surface area (Å²) in [5, 5.41) is 3.28. The lowest BCUT2D eigenvalue weighted by atomic mass is 10.2. The van der Waals surface area contributed by atoms with Gasteiger partial charge in [0.05, 0.1) is 31.2 Å². The van der Waals surface area contributed by atoms with Crippen molar-refractivity contribution in [1.29, 1.82) is 0 Å². The Bertz CT molecular complexity index is 996. The molecule has 0 saturated carbocycles. The van der Waals surface area contributed by atoms with Gasteiger partial charge in [-0.25, -0.2) is 16.8 Å². The van der Waals surface area contributed by atoms with E-state index in [2.05, 4.69) is 5.32 Å². The van der Waals surface area contributed by atoms with Crippen LogP contribution in [-0.4, -0.2) is 29.3 Å². The number of nitrogen functional groups attached to an aromatic ring is 1. The van der Waals surface area contributed by atoms with E-state index in [1.54, 1.807) is 0 Å². The smallest absolute Gasteiger partial charge is 0.177 e. The zero-order valence-corrected chi connectivity index (χ0v) is 15.8. The third-order valence-corrected chi connectivity index (χ3v) is 6.01. The van der Waals surface area contributed by atoms with Crippen molar-refractivity contribution in [2.75, 3.05) is 23.6 Å². The number of nitrogens with one attached hydrogen (secondary N) is 1. The van der Waals surface area contributed by atoms with E-state index in [9.17, 15) is 16.8 Å². The normalized spacial score (nSPS) is 12.2. The lowest BCUT2D eigenvalue weighted by Crippen LogP contribution is -2.06. The average Bonchev–Trinajstić information content (AvgIpc) is 2.42. The maximum atomic E-state index is 12.0. The van der Waals surface area contributed by atoms with E-state index in [1.165, 1.54) is 24.3 Å². The molecule has 0 unspecified atom stereocenters. The molecular weight excluding hydrogens is 395 g/mol. The molecule has 2 aromatic rings. The third-order valence-electron chi connectivity index (χ3n) is 3.14. The number of hydrogen-bond donors (Lipinski definition) is 2. The molecule has 2 aromatic carbocycles. The van der Waals surface area contributed by atoms with Gasteiger partial charge in [-0.05, 0) is 30.3 Å². The minimum atomic E-state index is -3.68. The third kappa shape index (κ3) is 4.13. The number of rotatable bonds is 4. The number of halogens is 2. The Morgan fingerprint density at radius 3 is 1.92 bits per heavy atom. The molecule has 0 aliphatic carbocycles. The minimum absolute atomic E-state index is 0.0955. The fraction of sp³-hybridized carbons (Fsp3) is 0.143. The van der Waals surface area contributed by atoms with Crippen LogP contribution < -0.4 is 11.1 Å². The molecule has 0 bridgehead atoms. The molecule has 0 spiro atoms. The summed E-state index contributed by atoms with van der Waals surface area (Å²) in [5.74, 6) is 0. The molecule has 0 heterocycles. The first-order valence-corrected chi connectivity index (χ1v) is 11.0. The standard InChI is InChI=1S/C14H14Cl2N2O4S2/c1-23(19,20)9-3-4-12(13(7-9)24(2,21)22)18-8-5-10(15)14(17)11(16)6-8/h3-7,18H,17H2,1-2H3. The van der Waals surface area contributed by atoms with Gasteiger partial charge in [-0.15, -0.1) is 0 Å². The fourth-order valence-electron chi connectivity index (χ4n) is 1.96. The van der Waals surface area contributed by atoms with Crippen molar-refractivity contribution in [3.05, 3.63) is 40.4 Å². The van der Waals surface area contributed by atoms with Gasteiger partial charge in [0.25, 0.3) is 0 Å². The van der Waals surface area contributed by atoms with Crippen LogP contribution in [0, 0.1) is 0 Å². The highest BCUT2D eigenvalue weighted by Gasteiger charge is 2.18. The van der Waals surface area contributed by atoms with Gasteiger partial charge in [-0.1, -0.05) is 23.2 Å². The number of benzene rings is 2. The van der Waals surface area contributed by atoms with Crippen LogP contribution in [0.5, 0.6) is 0 Å². The predicted octanol–water partition coefficient (Wildman–Crippen LogP) is 3.13. The van der Waals surface area contributed by atoms with Crippen molar-refractivity contribution >= 4 is 59.9 Å². The van der Waals surface area contributed by atoms with Gasteiger partial charge in [-0.2, -0.15) is 0 Å². The Kier molecular flexibility index (Phi) is 5.06. The van der Waals surface area contributed by atoms with E-state index in [-0.39, 0.29) is 31.2 Å². The second-order valence-corrected chi connectivity index (χ2v) is 10.00. The van der Waals surface area contributed by atoms with E-state index in [1.807, 2.05) is 0 Å². The zero-order valence-electron chi connectivity index (χ0n) is 12.7. The molecule has 0 aromatic heterocycles. The minimum Gasteiger partial charge on any atom is -0.396 e. The molecule has 0 fully saturated rings. The Balaban J connectivity index is 2.59. The maximum Gasteiger partial charge on any atom is 0.177 e. The highest BCUT2D eigenvalue weighted by atomic mass is 35.5. The highest BCUT2D eigenvalue weighted by molar-refractivity contribution is 7.91. The molecule has 24 heavy (non-hydrogen) atoms. The van der Waals surface area contributed by atoms with E-state index in [4.69, 9.17) is 28.9 Å². The lowest BCUT2D eigenvalue weighted by molar-refractivity contribution is 0.600. The van der Waals surface area contributed by atoms with Gasteiger partial charge < -0.3 is 11.1 Å². The van der Waals surface area contributed by atoms with Gasteiger partial charge in [-0.3, -0.25) is 0 Å². The van der Waals surface area contributed by atoms with Crippen molar-refractivity contribution in [3.63, 3.8) is 0 Å². The Labute approximate surface area is 150 Å². The first-order valence-electron chi connectivity index (χ1n) is 6.45. The van der Waals surface area contributed by atoms with Gasteiger partial charge in [0, 0.05) is 18.2 Å². The van der Waals surface area contributed by atoms with Crippen LogP contribution in [-0.2, 0) is 19.7 Å². The summed E-state index contributed by atoms with van der Waals surface area (Å²) in [5.41, 5.74) is 6.47. The molecule has 2 rings (SSSR count). The van der Waals surface area contributed by atoms with Gasteiger partial charge >= 0.3 is 0 Å². The Morgan fingerprint density at radius 1 is 0.917 bits per heavy atom. The number of nitrogens with two attached hydrogens (primary N) is 1. The maximum absolute atomic E-state index is 12.0. The molecule has 0 saturated heterocycles. The predicted molar refractivity (Wildman–Crippen MR) is 96.8 cm³/mol. The zero-order chi connectivity index (χ0) is 18.3. The van der Waals surface area contributed by atoms with Gasteiger partial charge in [0.15, 0.2) is 19.7 Å². The van der Waals surface area contributed by atoms with E-state index in [0.717, 1.165) is 18.6 Å². The first kappa shape index (κ1) is 18.9. The van der Waals surface area contributed by atoms with Crippen LogP contribution in [0.3, 0.4) is 0 Å². The molecule has 0 aliphatic heterocycles. The molecule has 0 radical (unpaired) electrons. The molecule has 0 aliphatic rings. The van der Waals surface area contributed by atoms with Gasteiger partial charge in [0.2, 0.25) is 0 Å². The quantitative estimate of drug-likeness (QED) is 0.752. The molecule has 130 valence electrons. The van der Waals surface area contributed by atoms with E-state index in [0.29, 0.717) is 5.69 Å². The second kappa shape index (κ2) is 6.44. The summed E-state index contributed by atoms with van der Waals surface area (Å²) < 4.78 is 47.3. The largest absolute Gasteiger partial charge is 0.396 e.